The van der Waals surface area contributed by atoms with Crippen molar-refractivity contribution in [3.8, 4) is 6.07 Å². The van der Waals surface area contributed by atoms with Gasteiger partial charge in [0, 0.05) is 18.8 Å². The zero-order valence-electron chi connectivity index (χ0n) is 8.86. The van der Waals surface area contributed by atoms with Crippen LogP contribution in [0.25, 0.3) is 0 Å². The summed E-state index contributed by atoms with van der Waals surface area (Å²) in [6, 6.07) is 4.07. The van der Waals surface area contributed by atoms with Crippen LogP contribution in [0.3, 0.4) is 0 Å². The van der Waals surface area contributed by atoms with Crippen molar-refractivity contribution in [2.24, 2.45) is 0 Å². The zero-order chi connectivity index (χ0) is 11.0. The summed E-state index contributed by atoms with van der Waals surface area (Å²) in [5, 5.41) is 18.3. The monoisotopic (exact) mass is 203 g/mol. The summed E-state index contributed by atoms with van der Waals surface area (Å²) >= 11 is 0. The van der Waals surface area contributed by atoms with Crippen LogP contribution < -0.4 is 4.90 Å². The van der Waals surface area contributed by atoms with Gasteiger partial charge in [-0.3, -0.25) is 0 Å². The van der Waals surface area contributed by atoms with Crippen molar-refractivity contribution in [3.05, 3.63) is 22.9 Å². The van der Waals surface area contributed by atoms with E-state index in [1.165, 1.54) is 0 Å². The Kier molecular flexibility index (Phi) is 2.33. The second-order valence-electron chi connectivity index (χ2n) is 3.95. The number of nitrogens with zero attached hydrogens (tertiary/aromatic N) is 3. The predicted octanol–water partition coefficient (Wildman–Crippen LogP) is 0.751. The van der Waals surface area contributed by atoms with E-state index in [-0.39, 0.29) is 6.10 Å². The minimum absolute atomic E-state index is 0.279. The van der Waals surface area contributed by atoms with E-state index in [1.807, 2.05) is 24.8 Å². The number of aliphatic hydroxyl groups is 1. The van der Waals surface area contributed by atoms with E-state index in [2.05, 4.69) is 11.1 Å². The van der Waals surface area contributed by atoms with Gasteiger partial charge in [-0.2, -0.15) is 5.26 Å². The highest BCUT2D eigenvalue weighted by Crippen LogP contribution is 2.25. The van der Waals surface area contributed by atoms with Gasteiger partial charge in [0.15, 0.2) is 0 Å². The molecule has 1 N–H and O–H groups in total. The van der Waals surface area contributed by atoms with Crippen LogP contribution in [0.1, 0.15) is 16.8 Å². The molecule has 2 rings (SSSR count). The Morgan fingerprint density at radius 1 is 1.53 bits per heavy atom. The third-order valence-electron chi connectivity index (χ3n) is 2.60. The van der Waals surface area contributed by atoms with Gasteiger partial charge in [-0.15, -0.1) is 0 Å². The van der Waals surface area contributed by atoms with Crippen LogP contribution in [0.2, 0.25) is 0 Å². The third-order valence-corrected chi connectivity index (χ3v) is 2.60. The molecule has 78 valence electrons. The van der Waals surface area contributed by atoms with E-state index >= 15 is 0 Å². The number of rotatable bonds is 1. The first kappa shape index (κ1) is 9.94. The van der Waals surface area contributed by atoms with Crippen molar-refractivity contribution >= 4 is 5.82 Å². The van der Waals surface area contributed by atoms with Crippen LogP contribution in [-0.2, 0) is 0 Å². The minimum atomic E-state index is -0.279. The fourth-order valence-electron chi connectivity index (χ4n) is 1.81. The van der Waals surface area contributed by atoms with Crippen molar-refractivity contribution < 1.29 is 5.11 Å². The summed E-state index contributed by atoms with van der Waals surface area (Å²) in [5.74, 6) is 0.709. The maximum absolute atomic E-state index is 9.23. The Labute approximate surface area is 88.8 Å². The molecule has 1 aliphatic rings. The van der Waals surface area contributed by atoms with Gasteiger partial charge < -0.3 is 10.0 Å². The quantitative estimate of drug-likeness (QED) is 0.731. The number of aliphatic hydroxyl groups excluding tert-OH is 1. The lowest BCUT2D eigenvalue weighted by molar-refractivity contribution is 0.141. The molecule has 0 spiro atoms. The first-order valence-electron chi connectivity index (χ1n) is 4.93. The highest BCUT2D eigenvalue weighted by atomic mass is 16.3. The smallest absolute Gasteiger partial charge is 0.147 e. The first-order chi connectivity index (χ1) is 7.11. The van der Waals surface area contributed by atoms with E-state index in [4.69, 9.17) is 5.26 Å². The number of aromatic nitrogens is 1. The topological polar surface area (TPSA) is 60.2 Å². The molecular weight excluding hydrogens is 190 g/mol. The molecule has 0 aliphatic carbocycles. The summed E-state index contributed by atoms with van der Waals surface area (Å²) in [6.07, 6.45) is -0.279. The van der Waals surface area contributed by atoms with Gasteiger partial charge in [0.05, 0.1) is 11.7 Å². The number of aryl methyl sites for hydroxylation is 2. The van der Waals surface area contributed by atoms with Gasteiger partial charge in [-0.1, -0.05) is 0 Å². The molecule has 1 aromatic heterocycles. The van der Waals surface area contributed by atoms with Gasteiger partial charge in [0.1, 0.15) is 11.9 Å². The van der Waals surface area contributed by atoms with Crippen LogP contribution >= 0.6 is 0 Å². The van der Waals surface area contributed by atoms with E-state index in [0.29, 0.717) is 24.5 Å². The molecule has 0 atom stereocenters. The molecule has 0 radical (unpaired) electrons. The molecule has 2 heterocycles. The average molecular weight is 203 g/mol. The first-order valence-corrected chi connectivity index (χ1v) is 4.93. The summed E-state index contributed by atoms with van der Waals surface area (Å²) in [4.78, 5) is 6.29. The van der Waals surface area contributed by atoms with Crippen LogP contribution in [-0.4, -0.2) is 29.3 Å². The Bertz CT molecular complexity index is 430. The van der Waals surface area contributed by atoms with E-state index < -0.39 is 0 Å². The normalized spacial score (nSPS) is 16.0. The van der Waals surface area contributed by atoms with Crippen LogP contribution in [0.15, 0.2) is 6.07 Å². The zero-order valence-corrected chi connectivity index (χ0v) is 8.86. The number of β-amino-alcohol motifs (C(OH)–C–C–N with tert-alkyl or cyclic N) is 1. The second kappa shape index (κ2) is 3.52. The van der Waals surface area contributed by atoms with Crippen LogP contribution in [0, 0.1) is 25.2 Å². The minimum Gasteiger partial charge on any atom is -0.389 e. The van der Waals surface area contributed by atoms with Crippen molar-refractivity contribution in [3.63, 3.8) is 0 Å². The highest BCUT2D eigenvalue weighted by molar-refractivity contribution is 5.59. The van der Waals surface area contributed by atoms with Crippen molar-refractivity contribution in [2.45, 2.75) is 20.0 Å². The molecule has 1 saturated heterocycles. The molecule has 4 nitrogen and oxygen atoms in total. The molecule has 1 fully saturated rings. The number of nitriles is 1. The predicted molar refractivity (Wildman–Crippen MR) is 56.6 cm³/mol. The Morgan fingerprint density at radius 2 is 2.20 bits per heavy atom. The lowest BCUT2D eigenvalue weighted by Gasteiger charge is -2.37. The number of anilines is 1. The Hall–Kier alpha value is -1.60. The molecule has 0 saturated carbocycles. The maximum Gasteiger partial charge on any atom is 0.147 e. The van der Waals surface area contributed by atoms with E-state index in [0.717, 1.165) is 11.3 Å². The van der Waals surface area contributed by atoms with E-state index in [1.54, 1.807) is 0 Å². The second-order valence-corrected chi connectivity index (χ2v) is 3.95. The summed E-state index contributed by atoms with van der Waals surface area (Å²) < 4.78 is 0. The van der Waals surface area contributed by atoms with E-state index in [9.17, 15) is 5.11 Å². The molecule has 0 unspecified atom stereocenters. The average Bonchev–Trinajstić information content (AvgIpc) is 2.12. The van der Waals surface area contributed by atoms with Crippen LogP contribution in [0.4, 0.5) is 5.82 Å². The van der Waals surface area contributed by atoms with Gasteiger partial charge in [0.2, 0.25) is 0 Å². The summed E-state index contributed by atoms with van der Waals surface area (Å²) in [7, 11) is 0. The molecule has 0 amide bonds. The Balaban J connectivity index is 2.42. The SMILES string of the molecule is Cc1cc(C)c(C#N)c(N2CC(O)C2)n1. The van der Waals surface area contributed by atoms with Crippen LogP contribution in [0.5, 0.6) is 0 Å². The van der Waals surface area contributed by atoms with Crippen molar-refractivity contribution in [1.82, 2.24) is 4.98 Å². The van der Waals surface area contributed by atoms with Gasteiger partial charge >= 0.3 is 0 Å². The lowest BCUT2D eigenvalue weighted by atomic mass is 10.1. The number of hydrogen-bond donors (Lipinski definition) is 1. The molecule has 0 bridgehead atoms. The van der Waals surface area contributed by atoms with Gasteiger partial charge in [-0.05, 0) is 25.5 Å². The fourth-order valence-corrected chi connectivity index (χ4v) is 1.81. The molecule has 0 aromatic carbocycles. The molecular formula is C11H13N3O. The highest BCUT2D eigenvalue weighted by Gasteiger charge is 2.28. The summed E-state index contributed by atoms with van der Waals surface area (Å²) in [5.41, 5.74) is 2.47. The molecule has 1 aliphatic heterocycles. The standard InChI is InChI=1S/C11H13N3O/c1-7-3-8(2)13-11(10(7)4-12)14-5-9(15)6-14/h3,9,15H,5-6H2,1-2H3. The van der Waals surface area contributed by atoms with Crippen molar-refractivity contribution in [2.75, 3.05) is 18.0 Å². The maximum atomic E-state index is 9.23. The number of hydrogen-bond acceptors (Lipinski definition) is 4. The molecule has 4 heteroatoms. The third kappa shape index (κ3) is 1.66. The fraction of sp³-hybridized carbons (Fsp3) is 0.455. The lowest BCUT2D eigenvalue weighted by Crippen LogP contribution is -2.51. The van der Waals surface area contributed by atoms with Gasteiger partial charge in [0.25, 0.3) is 0 Å². The molecule has 15 heavy (non-hydrogen) atoms. The van der Waals surface area contributed by atoms with Gasteiger partial charge in [-0.25, -0.2) is 4.98 Å². The van der Waals surface area contributed by atoms with Crippen molar-refractivity contribution in [1.29, 1.82) is 5.26 Å². The Morgan fingerprint density at radius 3 is 2.73 bits per heavy atom. The molecule has 1 aromatic rings. The summed E-state index contributed by atoms with van der Waals surface area (Å²) in [6.45, 7) is 4.97. The number of pyridine rings is 1. The largest absolute Gasteiger partial charge is 0.389 e.